The molecule has 58 valence electrons. The second kappa shape index (κ2) is 2.91. The summed E-state index contributed by atoms with van der Waals surface area (Å²) >= 11 is 0. The van der Waals surface area contributed by atoms with E-state index < -0.39 is 0 Å². The van der Waals surface area contributed by atoms with Crippen LogP contribution in [0, 0.1) is 5.92 Å². The van der Waals surface area contributed by atoms with Gasteiger partial charge in [-0.15, -0.1) is 0 Å². The first-order chi connectivity index (χ1) is 4.95. The molecule has 0 amide bonds. The van der Waals surface area contributed by atoms with Crippen LogP contribution in [0.2, 0.25) is 0 Å². The summed E-state index contributed by atoms with van der Waals surface area (Å²) < 4.78 is 0. The van der Waals surface area contributed by atoms with E-state index in [4.69, 9.17) is 0 Å². The lowest BCUT2D eigenvalue weighted by atomic mass is 9.95. The molecule has 0 aromatic carbocycles. The van der Waals surface area contributed by atoms with Gasteiger partial charge in [-0.1, -0.05) is 19.3 Å². The molecule has 0 N–H and O–H groups in total. The number of fused-ring (bicyclic) bond motifs is 5. The largest absolute Gasteiger partial charge is 0.303 e. The van der Waals surface area contributed by atoms with Crippen LogP contribution in [0.15, 0.2) is 0 Å². The molecule has 0 spiro atoms. The quantitative estimate of drug-likeness (QED) is 0.495. The summed E-state index contributed by atoms with van der Waals surface area (Å²) in [5.41, 5.74) is 0. The van der Waals surface area contributed by atoms with Crippen LogP contribution < -0.4 is 0 Å². The molecule has 3 fully saturated rings. The topological polar surface area (TPSA) is 3.24 Å². The van der Waals surface area contributed by atoms with Gasteiger partial charge in [-0.05, 0) is 25.3 Å². The standard InChI is InChI=1S/C9H17N/c1-2-4-6-10-7-9(8-10)5-3-1/h9H,1-8H2. The molecule has 3 saturated heterocycles. The Morgan fingerprint density at radius 1 is 0.900 bits per heavy atom. The SMILES string of the molecule is C1CCCN2CC(CC1)C2. The molecule has 3 aliphatic heterocycles. The van der Waals surface area contributed by atoms with E-state index in [2.05, 4.69) is 4.90 Å². The minimum Gasteiger partial charge on any atom is -0.303 e. The lowest BCUT2D eigenvalue weighted by molar-refractivity contribution is 0.0976. The van der Waals surface area contributed by atoms with E-state index in [9.17, 15) is 0 Å². The van der Waals surface area contributed by atoms with Crippen molar-refractivity contribution in [1.82, 2.24) is 4.90 Å². The summed E-state index contributed by atoms with van der Waals surface area (Å²) in [4.78, 5) is 2.61. The summed E-state index contributed by atoms with van der Waals surface area (Å²) in [7, 11) is 0. The van der Waals surface area contributed by atoms with Gasteiger partial charge >= 0.3 is 0 Å². The van der Waals surface area contributed by atoms with Gasteiger partial charge in [0, 0.05) is 13.1 Å². The second-order valence-electron chi connectivity index (χ2n) is 3.83. The molecule has 0 saturated carbocycles. The van der Waals surface area contributed by atoms with Crippen molar-refractivity contribution in [3.05, 3.63) is 0 Å². The fourth-order valence-electron chi connectivity index (χ4n) is 2.16. The van der Waals surface area contributed by atoms with E-state index >= 15 is 0 Å². The normalized spacial score (nSPS) is 40.8. The molecule has 0 atom stereocenters. The van der Waals surface area contributed by atoms with Crippen LogP contribution in [0.3, 0.4) is 0 Å². The van der Waals surface area contributed by atoms with Crippen molar-refractivity contribution in [3.63, 3.8) is 0 Å². The fraction of sp³-hybridized carbons (Fsp3) is 1.00. The molecule has 0 unspecified atom stereocenters. The Bertz CT molecular complexity index is 87.8. The Hall–Kier alpha value is -0.0400. The van der Waals surface area contributed by atoms with Crippen molar-refractivity contribution >= 4 is 0 Å². The summed E-state index contributed by atoms with van der Waals surface area (Å²) in [5, 5.41) is 0. The van der Waals surface area contributed by atoms with Crippen LogP contribution in [0.4, 0.5) is 0 Å². The molecule has 2 bridgehead atoms. The smallest absolute Gasteiger partial charge is 0.00220 e. The van der Waals surface area contributed by atoms with Gasteiger partial charge in [0.05, 0.1) is 0 Å². The van der Waals surface area contributed by atoms with E-state index in [-0.39, 0.29) is 0 Å². The Kier molecular flexibility index (Phi) is 1.94. The Morgan fingerprint density at radius 2 is 1.70 bits per heavy atom. The van der Waals surface area contributed by atoms with Crippen molar-refractivity contribution in [2.24, 2.45) is 5.92 Å². The predicted octanol–water partition coefficient (Wildman–Crippen LogP) is 1.88. The van der Waals surface area contributed by atoms with Gasteiger partial charge in [-0.25, -0.2) is 0 Å². The highest BCUT2D eigenvalue weighted by atomic mass is 15.2. The van der Waals surface area contributed by atoms with Gasteiger partial charge < -0.3 is 4.90 Å². The Labute approximate surface area is 63.4 Å². The van der Waals surface area contributed by atoms with Crippen LogP contribution in [0.5, 0.6) is 0 Å². The third-order valence-electron chi connectivity index (χ3n) is 2.87. The van der Waals surface area contributed by atoms with Gasteiger partial charge in [0.25, 0.3) is 0 Å². The first-order valence-corrected chi connectivity index (χ1v) is 4.67. The van der Waals surface area contributed by atoms with Gasteiger partial charge in [0.15, 0.2) is 0 Å². The zero-order chi connectivity index (χ0) is 6.81. The van der Waals surface area contributed by atoms with Crippen molar-refractivity contribution in [1.29, 1.82) is 0 Å². The van der Waals surface area contributed by atoms with Crippen LogP contribution in [-0.4, -0.2) is 24.5 Å². The first-order valence-electron chi connectivity index (χ1n) is 4.67. The van der Waals surface area contributed by atoms with E-state index in [1.165, 1.54) is 51.7 Å². The number of nitrogens with zero attached hydrogens (tertiary/aromatic N) is 1. The molecule has 3 rings (SSSR count). The number of hydrogen-bond acceptors (Lipinski definition) is 1. The minimum atomic E-state index is 1.08. The Morgan fingerprint density at radius 3 is 2.60 bits per heavy atom. The maximum atomic E-state index is 2.61. The Balaban J connectivity index is 1.81. The molecule has 0 aromatic heterocycles. The van der Waals surface area contributed by atoms with E-state index in [0.29, 0.717) is 0 Å². The lowest BCUT2D eigenvalue weighted by Crippen LogP contribution is -2.46. The average molecular weight is 139 g/mol. The van der Waals surface area contributed by atoms with Crippen LogP contribution >= 0.6 is 0 Å². The number of rotatable bonds is 0. The fourth-order valence-corrected chi connectivity index (χ4v) is 2.16. The molecular formula is C9H17N. The summed E-state index contributed by atoms with van der Waals surface area (Å²) in [5.74, 6) is 1.08. The van der Waals surface area contributed by atoms with Gasteiger partial charge in [0.1, 0.15) is 0 Å². The van der Waals surface area contributed by atoms with Crippen molar-refractivity contribution < 1.29 is 0 Å². The molecule has 10 heavy (non-hydrogen) atoms. The second-order valence-corrected chi connectivity index (χ2v) is 3.83. The molecule has 3 aliphatic rings. The van der Waals surface area contributed by atoms with E-state index in [1.54, 1.807) is 0 Å². The number of hydrogen-bond donors (Lipinski definition) is 0. The molecule has 0 aliphatic carbocycles. The summed E-state index contributed by atoms with van der Waals surface area (Å²) in [6, 6.07) is 0. The van der Waals surface area contributed by atoms with Crippen LogP contribution in [0.1, 0.15) is 32.1 Å². The molecule has 3 heterocycles. The highest BCUT2D eigenvalue weighted by molar-refractivity contribution is 4.80. The maximum Gasteiger partial charge on any atom is 0.00220 e. The van der Waals surface area contributed by atoms with Gasteiger partial charge in [0.2, 0.25) is 0 Å². The van der Waals surface area contributed by atoms with Gasteiger partial charge in [-0.2, -0.15) is 0 Å². The molecule has 0 radical (unpaired) electrons. The monoisotopic (exact) mass is 139 g/mol. The van der Waals surface area contributed by atoms with Crippen LogP contribution in [-0.2, 0) is 0 Å². The van der Waals surface area contributed by atoms with Crippen molar-refractivity contribution in [2.45, 2.75) is 32.1 Å². The third-order valence-corrected chi connectivity index (χ3v) is 2.87. The first kappa shape index (κ1) is 6.66. The highest BCUT2D eigenvalue weighted by Gasteiger charge is 2.25. The van der Waals surface area contributed by atoms with E-state index in [0.717, 1.165) is 5.92 Å². The average Bonchev–Trinajstić information content (AvgIpc) is 1.98. The summed E-state index contributed by atoms with van der Waals surface area (Å²) in [6.45, 7) is 4.22. The highest BCUT2D eigenvalue weighted by Crippen LogP contribution is 2.24. The molecule has 1 heteroatoms. The molecular weight excluding hydrogens is 122 g/mol. The van der Waals surface area contributed by atoms with Gasteiger partial charge in [-0.3, -0.25) is 0 Å². The van der Waals surface area contributed by atoms with Crippen molar-refractivity contribution in [3.8, 4) is 0 Å². The third kappa shape index (κ3) is 1.34. The minimum absolute atomic E-state index is 1.08. The summed E-state index contributed by atoms with van der Waals surface area (Å²) in [6.07, 6.45) is 7.43. The maximum absolute atomic E-state index is 2.61. The molecule has 0 aromatic rings. The molecule has 1 nitrogen and oxygen atoms in total. The van der Waals surface area contributed by atoms with Crippen molar-refractivity contribution in [2.75, 3.05) is 19.6 Å². The van der Waals surface area contributed by atoms with Crippen LogP contribution in [0.25, 0.3) is 0 Å². The predicted molar refractivity (Wildman–Crippen MR) is 43.0 cm³/mol. The zero-order valence-electron chi connectivity index (χ0n) is 6.68. The lowest BCUT2D eigenvalue weighted by Gasteiger charge is -2.38. The zero-order valence-corrected chi connectivity index (χ0v) is 6.68. The van der Waals surface area contributed by atoms with E-state index in [1.807, 2.05) is 0 Å².